The van der Waals surface area contributed by atoms with Crippen LogP contribution < -0.4 is 16.6 Å². The van der Waals surface area contributed by atoms with Gasteiger partial charge in [-0.25, -0.2) is 5.84 Å². The van der Waals surface area contributed by atoms with Gasteiger partial charge in [-0.1, -0.05) is 13.3 Å². The van der Waals surface area contributed by atoms with Crippen LogP contribution in [0, 0.1) is 11.8 Å². The van der Waals surface area contributed by atoms with E-state index < -0.39 is 0 Å². The summed E-state index contributed by atoms with van der Waals surface area (Å²) in [6, 6.07) is 0. The van der Waals surface area contributed by atoms with Crippen LogP contribution in [0.15, 0.2) is 0 Å². The Morgan fingerprint density at radius 1 is 1.62 bits per heavy atom. The van der Waals surface area contributed by atoms with E-state index in [0.29, 0.717) is 18.3 Å². The molecule has 0 aromatic heterocycles. The molecule has 0 bridgehead atoms. The van der Waals surface area contributed by atoms with Crippen molar-refractivity contribution in [1.29, 1.82) is 0 Å². The van der Waals surface area contributed by atoms with E-state index in [1.165, 1.54) is 0 Å². The number of nitrogens with one attached hydrogen (secondary N) is 2. The van der Waals surface area contributed by atoms with Crippen LogP contribution >= 0.6 is 0 Å². The minimum absolute atomic E-state index is 0.0367. The highest BCUT2D eigenvalue weighted by Gasteiger charge is 2.25. The molecule has 1 aliphatic heterocycles. The van der Waals surface area contributed by atoms with Crippen LogP contribution in [0.25, 0.3) is 0 Å². The molecular formula is C9H19N3O. The number of carbonyl (C=O) groups excluding carboxylic acids is 1. The molecule has 4 N–H and O–H groups in total. The third kappa shape index (κ3) is 2.97. The number of rotatable bonds is 3. The second-order valence-electron chi connectivity index (χ2n) is 3.69. The van der Waals surface area contributed by atoms with Crippen molar-refractivity contribution >= 4 is 5.91 Å². The SMILES string of the molecule is CCC1CNCCC1CC(=O)NN. The van der Waals surface area contributed by atoms with E-state index in [0.717, 1.165) is 25.9 Å². The number of amides is 1. The molecule has 0 aromatic carbocycles. The average Bonchev–Trinajstić information content (AvgIpc) is 2.18. The van der Waals surface area contributed by atoms with Crippen LogP contribution in [0.5, 0.6) is 0 Å². The van der Waals surface area contributed by atoms with E-state index in [-0.39, 0.29) is 5.91 Å². The summed E-state index contributed by atoms with van der Waals surface area (Å²) < 4.78 is 0. The van der Waals surface area contributed by atoms with Crippen molar-refractivity contribution in [2.45, 2.75) is 26.2 Å². The van der Waals surface area contributed by atoms with Gasteiger partial charge in [-0.15, -0.1) is 0 Å². The zero-order chi connectivity index (χ0) is 9.68. The monoisotopic (exact) mass is 185 g/mol. The fourth-order valence-electron chi connectivity index (χ4n) is 2.02. The zero-order valence-corrected chi connectivity index (χ0v) is 8.18. The predicted molar refractivity (Wildman–Crippen MR) is 51.7 cm³/mol. The van der Waals surface area contributed by atoms with E-state index in [4.69, 9.17) is 5.84 Å². The molecule has 1 rings (SSSR count). The van der Waals surface area contributed by atoms with Crippen LogP contribution in [0.4, 0.5) is 0 Å². The predicted octanol–water partition coefficient (Wildman–Crippen LogP) is 0.00210. The molecule has 1 aliphatic rings. The number of piperidine rings is 1. The van der Waals surface area contributed by atoms with Crippen molar-refractivity contribution in [1.82, 2.24) is 10.7 Å². The van der Waals surface area contributed by atoms with E-state index >= 15 is 0 Å². The average molecular weight is 185 g/mol. The smallest absolute Gasteiger partial charge is 0.234 e. The number of nitrogens with two attached hydrogens (primary N) is 1. The lowest BCUT2D eigenvalue weighted by Crippen LogP contribution is -2.40. The first kappa shape index (κ1) is 10.5. The summed E-state index contributed by atoms with van der Waals surface area (Å²) in [5.74, 6) is 6.16. The summed E-state index contributed by atoms with van der Waals surface area (Å²) in [6.45, 7) is 4.24. The molecule has 1 saturated heterocycles. The molecule has 2 unspecified atom stereocenters. The van der Waals surface area contributed by atoms with Crippen LogP contribution in [-0.4, -0.2) is 19.0 Å². The second-order valence-corrected chi connectivity index (χ2v) is 3.69. The van der Waals surface area contributed by atoms with E-state index in [9.17, 15) is 4.79 Å². The van der Waals surface area contributed by atoms with Crippen molar-refractivity contribution in [3.63, 3.8) is 0 Å². The zero-order valence-electron chi connectivity index (χ0n) is 8.18. The summed E-state index contributed by atoms with van der Waals surface area (Å²) in [5, 5.41) is 3.34. The van der Waals surface area contributed by atoms with Gasteiger partial charge in [0, 0.05) is 6.42 Å². The van der Waals surface area contributed by atoms with Gasteiger partial charge in [-0.3, -0.25) is 10.2 Å². The van der Waals surface area contributed by atoms with Gasteiger partial charge in [0.15, 0.2) is 0 Å². The largest absolute Gasteiger partial charge is 0.316 e. The molecule has 0 aromatic rings. The van der Waals surface area contributed by atoms with Gasteiger partial charge in [-0.05, 0) is 31.3 Å². The Morgan fingerprint density at radius 2 is 2.38 bits per heavy atom. The third-order valence-electron chi connectivity index (χ3n) is 2.90. The van der Waals surface area contributed by atoms with Crippen LogP contribution in [0.3, 0.4) is 0 Å². The third-order valence-corrected chi connectivity index (χ3v) is 2.90. The molecule has 2 atom stereocenters. The fraction of sp³-hybridized carbons (Fsp3) is 0.889. The summed E-state index contributed by atoms with van der Waals surface area (Å²) in [6.07, 6.45) is 2.80. The molecule has 0 radical (unpaired) electrons. The van der Waals surface area contributed by atoms with E-state index in [1.807, 2.05) is 0 Å². The Hall–Kier alpha value is -0.610. The van der Waals surface area contributed by atoms with Gasteiger partial charge in [-0.2, -0.15) is 0 Å². The Balaban J connectivity index is 2.40. The number of hydrogen-bond donors (Lipinski definition) is 3. The lowest BCUT2D eigenvalue weighted by atomic mass is 9.82. The minimum atomic E-state index is -0.0367. The molecule has 76 valence electrons. The van der Waals surface area contributed by atoms with E-state index in [2.05, 4.69) is 17.7 Å². The van der Waals surface area contributed by atoms with Crippen molar-refractivity contribution in [2.75, 3.05) is 13.1 Å². The van der Waals surface area contributed by atoms with Crippen molar-refractivity contribution in [3.05, 3.63) is 0 Å². The van der Waals surface area contributed by atoms with Crippen LogP contribution in [0.2, 0.25) is 0 Å². The highest BCUT2D eigenvalue weighted by Crippen LogP contribution is 2.24. The standard InChI is InChI=1S/C9H19N3O/c1-2-7-6-11-4-3-8(7)5-9(13)12-10/h7-8,11H,2-6,10H2,1H3,(H,12,13). The Bertz CT molecular complexity index is 172. The van der Waals surface area contributed by atoms with E-state index in [1.54, 1.807) is 0 Å². The van der Waals surface area contributed by atoms with Crippen molar-refractivity contribution in [2.24, 2.45) is 17.7 Å². The van der Waals surface area contributed by atoms with Gasteiger partial charge in [0.1, 0.15) is 0 Å². The lowest BCUT2D eigenvalue weighted by molar-refractivity contribution is -0.122. The minimum Gasteiger partial charge on any atom is -0.316 e. The highest BCUT2D eigenvalue weighted by atomic mass is 16.2. The Morgan fingerprint density at radius 3 is 3.00 bits per heavy atom. The van der Waals surface area contributed by atoms with Gasteiger partial charge in [0.25, 0.3) is 0 Å². The lowest BCUT2D eigenvalue weighted by Gasteiger charge is -2.30. The fourth-order valence-corrected chi connectivity index (χ4v) is 2.02. The molecule has 1 amide bonds. The summed E-state index contributed by atoms with van der Waals surface area (Å²) in [7, 11) is 0. The van der Waals surface area contributed by atoms with Crippen molar-refractivity contribution < 1.29 is 4.79 Å². The van der Waals surface area contributed by atoms with Crippen LogP contribution in [-0.2, 0) is 4.79 Å². The van der Waals surface area contributed by atoms with Crippen molar-refractivity contribution in [3.8, 4) is 0 Å². The summed E-state index contributed by atoms with van der Waals surface area (Å²) in [5.41, 5.74) is 2.20. The Labute approximate surface area is 79.2 Å². The Kier molecular flexibility index (Phi) is 4.18. The molecule has 13 heavy (non-hydrogen) atoms. The van der Waals surface area contributed by atoms with Gasteiger partial charge < -0.3 is 5.32 Å². The number of carbonyl (C=O) groups is 1. The maximum absolute atomic E-state index is 11.1. The van der Waals surface area contributed by atoms with Crippen LogP contribution in [0.1, 0.15) is 26.2 Å². The first-order valence-corrected chi connectivity index (χ1v) is 4.98. The molecule has 0 saturated carbocycles. The molecule has 0 aliphatic carbocycles. The summed E-state index contributed by atoms with van der Waals surface area (Å²) >= 11 is 0. The molecule has 1 heterocycles. The van der Waals surface area contributed by atoms with Gasteiger partial charge >= 0.3 is 0 Å². The molecule has 4 nitrogen and oxygen atoms in total. The molecule has 4 heteroatoms. The summed E-state index contributed by atoms with van der Waals surface area (Å²) in [4.78, 5) is 11.1. The quantitative estimate of drug-likeness (QED) is 0.329. The normalized spacial score (nSPS) is 28.5. The second kappa shape index (κ2) is 5.19. The van der Waals surface area contributed by atoms with Gasteiger partial charge in [0.05, 0.1) is 0 Å². The maximum atomic E-state index is 11.1. The van der Waals surface area contributed by atoms with Gasteiger partial charge in [0.2, 0.25) is 5.91 Å². The highest BCUT2D eigenvalue weighted by molar-refractivity contribution is 5.75. The first-order valence-electron chi connectivity index (χ1n) is 4.98. The molecule has 0 spiro atoms. The number of hydrazine groups is 1. The molecule has 1 fully saturated rings. The number of hydrogen-bond acceptors (Lipinski definition) is 3. The maximum Gasteiger partial charge on any atom is 0.234 e. The topological polar surface area (TPSA) is 67.2 Å². The first-order chi connectivity index (χ1) is 6.27. The molecular weight excluding hydrogens is 166 g/mol.